The number of aliphatic hydroxyl groups excluding tert-OH is 1. The molecule has 0 bridgehead atoms. The zero-order valence-corrected chi connectivity index (χ0v) is 14.4. The highest BCUT2D eigenvalue weighted by atomic mass is 32.2. The monoisotopic (exact) mass is 343 g/mol. The lowest BCUT2D eigenvalue weighted by Gasteiger charge is -2.26. The summed E-state index contributed by atoms with van der Waals surface area (Å²) in [6, 6.07) is 4.59. The summed E-state index contributed by atoms with van der Waals surface area (Å²) in [5.74, 6) is 0.836. The van der Waals surface area contributed by atoms with Gasteiger partial charge < -0.3 is 14.6 Å². The summed E-state index contributed by atoms with van der Waals surface area (Å²) in [5.41, 5.74) is 0. The van der Waals surface area contributed by atoms with Crippen molar-refractivity contribution in [3.63, 3.8) is 0 Å². The van der Waals surface area contributed by atoms with Crippen molar-refractivity contribution in [2.75, 3.05) is 20.8 Å². The van der Waals surface area contributed by atoms with Crippen molar-refractivity contribution in [3.05, 3.63) is 18.2 Å². The summed E-state index contributed by atoms with van der Waals surface area (Å²) in [7, 11) is -0.899. The van der Waals surface area contributed by atoms with Crippen LogP contribution in [0.5, 0.6) is 11.5 Å². The van der Waals surface area contributed by atoms with Crippen LogP contribution in [0.2, 0.25) is 0 Å². The van der Waals surface area contributed by atoms with E-state index in [9.17, 15) is 13.5 Å². The van der Waals surface area contributed by atoms with E-state index in [1.165, 1.54) is 26.7 Å². The summed E-state index contributed by atoms with van der Waals surface area (Å²) in [5, 5.41) is 10.2. The largest absolute Gasteiger partial charge is 0.497 e. The molecular formula is C16H25NO5S. The molecule has 0 amide bonds. The van der Waals surface area contributed by atoms with Gasteiger partial charge in [0.25, 0.3) is 0 Å². The van der Waals surface area contributed by atoms with E-state index in [0.29, 0.717) is 5.75 Å². The van der Waals surface area contributed by atoms with Gasteiger partial charge in [0, 0.05) is 12.6 Å². The summed E-state index contributed by atoms with van der Waals surface area (Å²) in [6.45, 7) is 0.00731. The maximum Gasteiger partial charge on any atom is 0.244 e. The van der Waals surface area contributed by atoms with Crippen LogP contribution in [0.25, 0.3) is 0 Å². The van der Waals surface area contributed by atoms with Crippen LogP contribution in [-0.4, -0.2) is 40.4 Å². The molecule has 1 fully saturated rings. The Hall–Kier alpha value is -1.31. The van der Waals surface area contributed by atoms with Gasteiger partial charge in [0.15, 0.2) is 0 Å². The lowest BCUT2D eigenvalue weighted by molar-refractivity contribution is 0.0888. The fourth-order valence-electron chi connectivity index (χ4n) is 2.95. The molecular weight excluding hydrogens is 318 g/mol. The maximum atomic E-state index is 12.5. The molecule has 7 heteroatoms. The third-order valence-electron chi connectivity index (χ3n) is 4.34. The van der Waals surface area contributed by atoms with Crippen LogP contribution >= 0.6 is 0 Å². The quantitative estimate of drug-likeness (QED) is 0.790. The average Bonchev–Trinajstić information content (AvgIpc) is 2.59. The van der Waals surface area contributed by atoms with Gasteiger partial charge >= 0.3 is 0 Å². The van der Waals surface area contributed by atoms with Crippen molar-refractivity contribution in [3.8, 4) is 11.5 Å². The molecule has 6 nitrogen and oxygen atoms in total. The van der Waals surface area contributed by atoms with Gasteiger partial charge in [-0.25, -0.2) is 13.1 Å². The molecule has 1 aromatic carbocycles. The van der Waals surface area contributed by atoms with Crippen LogP contribution in [0.1, 0.15) is 32.1 Å². The van der Waals surface area contributed by atoms with E-state index in [2.05, 4.69) is 4.72 Å². The zero-order chi connectivity index (χ0) is 16.9. The Morgan fingerprint density at radius 2 is 1.91 bits per heavy atom. The third kappa shape index (κ3) is 4.59. The zero-order valence-electron chi connectivity index (χ0n) is 13.6. The number of aliphatic hydroxyl groups is 1. The number of sulfonamides is 1. The van der Waals surface area contributed by atoms with Crippen LogP contribution in [0.4, 0.5) is 0 Å². The number of benzene rings is 1. The molecule has 130 valence electrons. The normalized spacial score (nSPS) is 17.7. The molecule has 1 aromatic rings. The first-order valence-corrected chi connectivity index (χ1v) is 9.36. The van der Waals surface area contributed by atoms with Gasteiger partial charge in [-0.1, -0.05) is 19.3 Å². The molecule has 0 saturated heterocycles. The van der Waals surface area contributed by atoms with Crippen LogP contribution < -0.4 is 14.2 Å². The molecule has 2 rings (SSSR count). The van der Waals surface area contributed by atoms with Crippen LogP contribution in [-0.2, 0) is 10.0 Å². The van der Waals surface area contributed by atoms with Gasteiger partial charge in [-0.2, -0.15) is 0 Å². The average molecular weight is 343 g/mol. The number of methoxy groups -OCH3 is 2. The van der Waals surface area contributed by atoms with Gasteiger partial charge in [-0.05, 0) is 30.9 Å². The van der Waals surface area contributed by atoms with Gasteiger partial charge in [0.2, 0.25) is 10.0 Å². The van der Waals surface area contributed by atoms with Crippen molar-refractivity contribution in [2.24, 2.45) is 5.92 Å². The minimum atomic E-state index is -3.78. The van der Waals surface area contributed by atoms with E-state index in [-0.39, 0.29) is 23.1 Å². The Kier molecular flexibility index (Phi) is 6.26. The third-order valence-corrected chi connectivity index (χ3v) is 5.78. The van der Waals surface area contributed by atoms with Crippen LogP contribution in [0.3, 0.4) is 0 Å². The molecule has 0 spiro atoms. The standard InChI is InChI=1S/C16H25NO5S/c1-21-13-8-9-15(22-2)16(10-13)23(19,20)17-11-14(18)12-6-4-3-5-7-12/h8-10,12,14,17-18H,3-7,11H2,1-2H3. The smallest absolute Gasteiger partial charge is 0.244 e. The van der Waals surface area contributed by atoms with Gasteiger partial charge in [-0.15, -0.1) is 0 Å². The van der Waals surface area contributed by atoms with Crippen molar-refractivity contribution < 1.29 is 23.0 Å². The molecule has 0 aromatic heterocycles. The molecule has 1 unspecified atom stereocenters. The molecule has 0 radical (unpaired) electrons. The molecule has 1 saturated carbocycles. The summed E-state index contributed by atoms with van der Waals surface area (Å²) in [4.78, 5) is 0.00944. The first kappa shape index (κ1) is 18.0. The first-order valence-electron chi connectivity index (χ1n) is 7.87. The van der Waals surface area contributed by atoms with E-state index in [1.807, 2.05) is 0 Å². The highest BCUT2D eigenvalue weighted by Crippen LogP contribution is 2.29. The Labute approximate surface area is 137 Å². The van der Waals surface area contributed by atoms with E-state index in [1.54, 1.807) is 12.1 Å². The number of rotatable bonds is 7. The van der Waals surface area contributed by atoms with Crippen molar-refractivity contribution >= 4 is 10.0 Å². The fraction of sp³-hybridized carbons (Fsp3) is 0.625. The van der Waals surface area contributed by atoms with Gasteiger partial charge in [0.05, 0.1) is 20.3 Å². The molecule has 0 heterocycles. The lowest BCUT2D eigenvalue weighted by Crippen LogP contribution is -2.37. The van der Waals surface area contributed by atoms with E-state index in [0.717, 1.165) is 25.7 Å². The fourth-order valence-corrected chi connectivity index (χ4v) is 4.19. The lowest BCUT2D eigenvalue weighted by atomic mass is 9.85. The first-order chi connectivity index (χ1) is 11.0. The van der Waals surface area contributed by atoms with Crippen LogP contribution in [0.15, 0.2) is 23.1 Å². The van der Waals surface area contributed by atoms with E-state index < -0.39 is 16.1 Å². The van der Waals surface area contributed by atoms with Crippen molar-refractivity contribution in [1.82, 2.24) is 4.72 Å². The summed E-state index contributed by atoms with van der Waals surface area (Å²) in [6.07, 6.45) is 4.62. The summed E-state index contributed by atoms with van der Waals surface area (Å²) < 4.78 is 37.7. The number of ether oxygens (including phenoxy) is 2. The maximum absolute atomic E-state index is 12.5. The predicted octanol–water partition coefficient (Wildman–Crippen LogP) is 1.92. The number of nitrogens with one attached hydrogen (secondary N) is 1. The summed E-state index contributed by atoms with van der Waals surface area (Å²) >= 11 is 0. The van der Waals surface area contributed by atoms with Crippen LogP contribution in [0, 0.1) is 5.92 Å². The number of hydrogen-bond donors (Lipinski definition) is 2. The molecule has 2 N–H and O–H groups in total. The van der Waals surface area contributed by atoms with Crippen molar-refractivity contribution in [2.45, 2.75) is 43.1 Å². The topological polar surface area (TPSA) is 84.9 Å². The Balaban J connectivity index is 2.09. The molecule has 23 heavy (non-hydrogen) atoms. The minimum Gasteiger partial charge on any atom is -0.497 e. The van der Waals surface area contributed by atoms with Gasteiger partial charge in [0.1, 0.15) is 16.4 Å². The Morgan fingerprint density at radius 1 is 1.22 bits per heavy atom. The van der Waals surface area contributed by atoms with E-state index >= 15 is 0 Å². The second-order valence-corrected chi connectivity index (χ2v) is 7.57. The minimum absolute atomic E-state index is 0.00731. The molecule has 1 aliphatic carbocycles. The second kappa shape index (κ2) is 7.99. The highest BCUT2D eigenvalue weighted by Gasteiger charge is 2.25. The molecule has 1 atom stereocenters. The SMILES string of the molecule is COc1ccc(OC)c(S(=O)(=O)NCC(O)C2CCCCC2)c1. The molecule has 0 aliphatic heterocycles. The van der Waals surface area contributed by atoms with E-state index in [4.69, 9.17) is 9.47 Å². The Morgan fingerprint density at radius 3 is 2.52 bits per heavy atom. The Bertz CT molecular complexity index is 611. The van der Waals surface area contributed by atoms with Gasteiger partial charge in [-0.3, -0.25) is 0 Å². The molecule has 1 aliphatic rings. The highest BCUT2D eigenvalue weighted by molar-refractivity contribution is 7.89. The second-order valence-electron chi connectivity index (χ2n) is 5.83. The number of hydrogen-bond acceptors (Lipinski definition) is 5. The van der Waals surface area contributed by atoms with Crippen molar-refractivity contribution in [1.29, 1.82) is 0 Å². The predicted molar refractivity (Wildman–Crippen MR) is 87.3 cm³/mol.